The van der Waals surface area contributed by atoms with E-state index in [2.05, 4.69) is 10.5 Å². The van der Waals surface area contributed by atoms with Gasteiger partial charge in [0.15, 0.2) is 5.82 Å². The predicted octanol–water partition coefficient (Wildman–Crippen LogP) is 0.0141. The van der Waals surface area contributed by atoms with E-state index >= 15 is 0 Å². The molecule has 0 aliphatic carbocycles. The smallest absolute Gasteiger partial charge is 0.164 e. The second kappa shape index (κ2) is 2.06. The molecule has 0 saturated heterocycles. The van der Waals surface area contributed by atoms with Crippen molar-refractivity contribution in [2.45, 2.75) is 6.92 Å². The number of anilines is 1. The van der Waals surface area contributed by atoms with Crippen LogP contribution in [0.3, 0.4) is 0 Å². The van der Waals surface area contributed by atoms with E-state index in [4.69, 9.17) is 5.84 Å². The van der Waals surface area contributed by atoms with Crippen molar-refractivity contribution in [2.24, 2.45) is 12.9 Å². The molecule has 1 aromatic rings. The molecule has 0 aromatic carbocycles. The SMILES string of the molecule is Cc1cn(C)nc1NN. The largest absolute Gasteiger partial charge is 0.307 e. The highest BCUT2D eigenvalue weighted by atomic mass is 15.4. The van der Waals surface area contributed by atoms with Crippen molar-refractivity contribution < 1.29 is 0 Å². The minimum atomic E-state index is 0.734. The Labute approximate surface area is 53.6 Å². The van der Waals surface area contributed by atoms with Crippen molar-refractivity contribution >= 4 is 5.82 Å². The maximum absolute atomic E-state index is 5.14. The molecule has 4 nitrogen and oxygen atoms in total. The summed E-state index contributed by atoms with van der Waals surface area (Å²) in [6.07, 6.45) is 1.90. The maximum Gasteiger partial charge on any atom is 0.164 e. The first-order valence-electron chi connectivity index (χ1n) is 2.71. The Balaban J connectivity index is 3.01. The highest BCUT2D eigenvalue weighted by Gasteiger charge is 1.97. The first kappa shape index (κ1) is 6.10. The Morgan fingerprint density at radius 1 is 1.78 bits per heavy atom. The third kappa shape index (κ3) is 1.02. The molecule has 0 saturated carbocycles. The van der Waals surface area contributed by atoms with Gasteiger partial charge in [-0.2, -0.15) is 5.10 Å². The summed E-state index contributed by atoms with van der Waals surface area (Å²) >= 11 is 0. The van der Waals surface area contributed by atoms with Gasteiger partial charge in [-0.15, -0.1) is 0 Å². The molecule has 50 valence electrons. The zero-order valence-corrected chi connectivity index (χ0v) is 5.55. The van der Waals surface area contributed by atoms with Crippen LogP contribution in [0.25, 0.3) is 0 Å². The van der Waals surface area contributed by atoms with Crippen LogP contribution < -0.4 is 11.3 Å². The van der Waals surface area contributed by atoms with Gasteiger partial charge in [0.2, 0.25) is 0 Å². The third-order valence-corrected chi connectivity index (χ3v) is 1.15. The van der Waals surface area contributed by atoms with Gasteiger partial charge in [-0.1, -0.05) is 0 Å². The molecular formula is C5H10N4. The molecule has 3 N–H and O–H groups in total. The zero-order chi connectivity index (χ0) is 6.85. The molecule has 9 heavy (non-hydrogen) atoms. The number of aromatic nitrogens is 2. The standard InChI is InChI=1S/C5H10N4/c1-4-3-9(2)8-5(4)7-6/h3H,6H2,1-2H3,(H,7,8). The van der Waals surface area contributed by atoms with Gasteiger partial charge in [0, 0.05) is 18.8 Å². The molecule has 1 aromatic heterocycles. The van der Waals surface area contributed by atoms with E-state index in [1.165, 1.54) is 0 Å². The summed E-state index contributed by atoms with van der Waals surface area (Å²) in [6.45, 7) is 1.95. The Bertz CT molecular complexity index is 203. The predicted molar refractivity (Wildman–Crippen MR) is 35.8 cm³/mol. The molecule has 0 fully saturated rings. The maximum atomic E-state index is 5.14. The minimum absolute atomic E-state index is 0.734. The summed E-state index contributed by atoms with van der Waals surface area (Å²) in [5.74, 6) is 5.87. The Morgan fingerprint density at radius 3 is 2.67 bits per heavy atom. The molecule has 0 bridgehead atoms. The number of hydrazine groups is 1. The highest BCUT2D eigenvalue weighted by Crippen LogP contribution is 2.06. The average molecular weight is 126 g/mol. The molecule has 0 spiro atoms. The molecule has 1 heterocycles. The average Bonchev–Trinajstić information content (AvgIpc) is 2.10. The van der Waals surface area contributed by atoms with Crippen molar-refractivity contribution in [3.05, 3.63) is 11.8 Å². The number of rotatable bonds is 1. The zero-order valence-electron chi connectivity index (χ0n) is 5.55. The number of nitrogen functional groups attached to an aromatic ring is 1. The first-order valence-corrected chi connectivity index (χ1v) is 2.71. The molecule has 4 heteroatoms. The number of nitrogens with two attached hydrogens (primary N) is 1. The van der Waals surface area contributed by atoms with Crippen LogP contribution in [0.4, 0.5) is 5.82 Å². The monoisotopic (exact) mass is 126 g/mol. The summed E-state index contributed by atoms with van der Waals surface area (Å²) in [4.78, 5) is 0. The van der Waals surface area contributed by atoms with E-state index in [0.29, 0.717) is 0 Å². The van der Waals surface area contributed by atoms with Gasteiger partial charge in [-0.3, -0.25) is 4.68 Å². The summed E-state index contributed by atoms with van der Waals surface area (Å²) < 4.78 is 1.71. The van der Waals surface area contributed by atoms with Crippen LogP contribution in [0.15, 0.2) is 6.20 Å². The molecule has 0 aliphatic heterocycles. The van der Waals surface area contributed by atoms with Gasteiger partial charge in [0.1, 0.15) is 0 Å². The number of aryl methyl sites for hydroxylation is 2. The number of hydrogen-bond acceptors (Lipinski definition) is 3. The number of nitrogens with zero attached hydrogens (tertiary/aromatic N) is 2. The fourth-order valence-corrected chi connectivity index (χ4v) is 0.750. The second-order valence-corrected chi connectivity index (χ2v) is 1.98. The lowest BCUT2D eigenvalue weighted by Gasteiger charge is -1.90. The van der Waals surface area contributed by atoms with Gasteiger partial charge in [-0.25, -0.2) is 5.84 Å². The van der Waals surface area contributed by atoms with Crippen LogP contribution in [0.1, 0.15) is 5.56 Å². The molecule has 0 radical (unpaired) electrons. The quantitative estimate of drug-likeness (QED) is 0.412. The Kier molecular flexibility index (Phi) is 1.40. The van der Waals surface area contributed by atoms with Crippen molar-refractivity contribution in [3.8, 4) is 0 Å². The molecule has 1 rings (SSSR count). The van der Waals surface area contributed by atoms with Crippen LogP contribution in [-0.2, 0) is 7.05 Å². The van der Waals surface area contributed by atoms with Crippen LogP contribution >= 0.6 is 0 Å². The second-order valence-electron chi connectivity index (χ2n) is 1.98. The molecule has 0 atom stereocenters. The lowest BCUT2D eigenvalue weighted by molar-refractivity contribution is 0.769. The van der Waals surface area contributed by atoms with Gasteiger partial charge in [0.05, 0.1) is 0 Å². The van der Waals surface area contributed by atoms with Gasteiger partial charge < -0.3 is 5.43 Å². The summed E-state index contributed by atoms with van der Waals surface area (Å²) in [5.41, 5.74) is 3.54. The summed E-state index contributed by atoms with van der Waals surface area (Å²) in [7, 11) is 1.86. The first-order chi connectivity index (χ1) is 4.24. The normalized spacial score (nSPS) is 9.67. The number of nitrogens with one attached hydrogen (secondary N) is 1. The van der Waals surface area contributed by atoms with E-state index in [0.717, 1.165) is 11.4 Å². The van der Waals surface area contributed by atoms with Crippen molar-refractivity contribution in [2.75, 3.05) is 5.43 Å². The molecular weight excluding hydrogens is 116 g/mol. The van der Waals surface area contributed by atoms with Crippen LogP contribution in [0.5, 0.6) is 0 Å². The molecule has 0 aliphatic rings. The van der Waals surface area contributed by atoms with Crippen molar-refractivity contribution in [1.29, 1.82) is 0 Å². The molecule has 0 unspecified atom stereocenters. The van der Waals surface area contributed by atoms with E-state index < -0.39 is 0 Å². The van der Waals surface area contributed by atoms with Gasteiger partial charge >= 0.3 is 0 Å². The van der Waals surface area contributed by atoms with Crippen LogP contribution in [0.2, 0.25) is 0 Å². The topological polar surface area (TPSA) is 55.9 Å². The fraction of sp³-hybridized carbons (Fsp3) is 0.400. The van der Waals surface area contributed by atoms with Crippen molar-refractivity contribution in [1.82, 2.24) is 9.78 Å². The lowest BCUT2D eigenvalue weighted by Crippen LogP contribution is -2.08. The Morgan fingerprint density at radius 2 is 2.44 bits per heavy atom. The van der Waals surface area contributed by atoms with E-state index in [1.807, 2.05) is 20.2 Å². The van der Waals surface area contributed by atoms with Gasteiger partial charge in [0.25, 0.3) is 0 Å². The van der Waals surface area contributed by atoms with E-state index in [1.54, 1.807) is 4.68 Å². The Hall–Kier alpha value is -1.03. The number of hydrogen-bond donors (Lipinski definition) is 2. The fourth-order valence-electron chi connectivity index (χ4n) is 0.750. The lowest BCUT2D eigenvalue weighted by atomic mass is 10.4. The third-order valence-electron chi connectivity index (χ3n) is 1.15. The van der Waals surface area contributed by atoms with Crippen LogP contribution in [0, 0.1) is 6.92 Å². The van der Waals surface area contributed by atoms with E-state index in [9.17, 15) is 0 Å². The molecule has 0 amide bonds. The summed E-state index contributed by atoms with van der Waals surface area (Å²) in [6, 6.07) is 0. The van der Waals surface area contributed by atoms with Gasteiger partial charge in [-0.05, 0) is 6.92 Å². The minimum Gasteiger partial charge on any atom is -0.307 e. The summed E-state index contributed by atoms with van der Waals surface area (Å²) in [5, 5.41) is 4.01. The highest BCUT2D eigenvalue weighted by molar-refractivity contribution is 5.39. The van der Waals surface area contributed by atoms with Crippen molar-refractivity contribution in [3.63, 3.8) is 0 Å². The van der Waals surface area contributed by atoms with E-state index in [-0.39, 0.29) is 0 Å². The van der Waals surface area contributed by atoms with Crippen LogP contribution in [-0.4, -0.2) is 9.78 Å².